The van der Waals surface area contributed by atoms with Gasteiger partial charge >= 0.3 is 0 Å². The smallest absolute Gasteiger partial charge is 0.228 e. The molecular weight excluding hydrogens is 358 g/mol. The van der Waals surface area contributed by atoms with Crippen molar-refractivity contribution in [2.24, 2.45) is 0 Å². The van der Waals surface area contributed by atoms with Crippen LogP contribution in [0.2, 0.25) is 5.02 Å². The summed E-state index contributed by atoms with van der Waals surface area (Å²) in [4.78, 5) is 28.0. The van der Waals surface area contributed by atoms with Crippen molar-refractivity contribution in [1.29, 1.82) is 0 Å². The van der Waals surface area contributed by atoms with E-state index in [-0.39, 0.29) is 17.6 Å². The predicted octanol–water partition coefficient (Wildman–Crippen LogP) is 5.11. The minimum atomic E-state index is -0.580. The summed E-state index contributed by atoms with van der Waals surface area (Å²) < 4.78 is 0. The number of carbonyl (C=O) groups is 2. The molecule has 1 aliphatic heterocycles. The Labute approximate surface area is 163 Å². The van der Waals surface area contributed by atoms with Crippen LogP contribution in [0.4, 0.5) is 5.69 Å². The average Bonchev–Trinajstić information content (AvgIpc) is 3.06. The maximum atomic E-state index is 13.4. The minimum absolute atomic E-state index is 0.0507. The normalized spacial score (nSPS) is 19.3. The van der Waals surface area contributed by atoms with Crippen LogP contribution >= 0.6 is 11.6 Å². The molecule has 1 saturated heterocycles. The van der Waals surface area contributed by atoms with Gasteiger partial charge in [0.15, 0.2) is 5.78 Å². The summed E-state index contributed by atoms with van der Waals surface area (Å²) in [5, 5.41) is 0.593. The summed E-state index contributed by atoms with van der Waals surface area (Å²) in [5.74, 6) is -0.298. The van der Waals surface area contributed by atoms with Crippen LogP contribution in [0.25, 0.3) is 0 Å². The van der Waals surface area contributed by atoms with Crippen LogP contribution in [0.1, 0.15) is 28.3 Å². The van der Waals surface area contributed by atoms with Gasteiger partial charge in [-0.2, -0.15) is 0 Å². The summed E-state index contributed by atoms with van der Waals surface area (Å²) >= 11 is 6.00. The number of carbonyl (C=O) groups excluding carboxylic acids is 2. The van der Waals surface area contributed by atoms with Crippen LogP contribution in [-0.4, -0.2) is 17.7 Å². The maximum absolute atomic E-state index is 13.4. The first-order chi connectivity index (χ1) is 13.1. The number of hydrogen-bond donors (Lipinski definition) is 0. The van der Waals surface area contributed by atoms with Crippen molar-refractivity contribution in [1.82, 2.24) is 0 Å². The molecule has 0 spiro atoms. The fourth-order valence-corrected chi connectivity index (χ4v) is 3.84. The molecule has 1 aliphatic rings. The van der Waals surface area contributed by atoms with E-state index in [4.69, 9.17) is 11.6 Å². The SMILES string of the molecule is O=C(c1ccccc1)[C@H]1[C@H](c2ccccc2)CC(=O)N1c1ccc(Cl)cc1. The van der Waals surface area contributed by atoms with Gasteiger partial charge in [-0.05, 0) is 29.8 Å². The van der Waals surface area contributed by atoms with Gasteiger partial charge in [0.25, 0.3) is 0 Å². The molecule has 4 heteroatoms. The number of anilines is 1. The summed E-state index contributed by atoms with van der Waals surface area (Å²) in [5.41, 5.74) is 2.30. The second kappa shape index (κ2) is 7.37. The van der Waals surface area contributed by atoms with Gasteiger partial charge in [0, 0.05) is 28.6 Å². The lowest BCUT2D eigenvalue weighted by Gasteiger charge is -2.27. The Morgan fingerprint density at radius 1 is 0.852 bits per heavy atom. The molecule has 134 valence electrons. The van der Waals surface area contributed by atoms with Crippen LogP contribution in [0.15, 0.2) is 84.9 Å². The van der Waals surface area contributed by atoms with Crippen molar-refractivity contribution < 1.29 is 9.59 Å². The fourth-order valence-electron chi connectivity index (χ4n) is 3.71. The number of amides is 1. The second-order valence-corrected chi connectivity index (χ2v) is 7.07. The molecule has 4 rings (SSSR count). The first kappa shape index (κ1) is 17.5. The largest absolute Gasteiger partial charge is 0.301 e. The van der Waals surface area contributed by atoms with Gasteiger partial charge in [0.1, 0.15) is 6.04 Å². The molecule has 0 aliphatic carbocycles. The Morgan fingerprint density at radius 3 is 2.07 bits per heavy atom. The summed E-state index contributed by atoms with van der Waals surface area (Å²) in [6, 6.07) is 25.4. The first-order valence-electron chi connectivity index (χ1n) is 8.87. The molecular formula is C23H18ClNO2. The highest BCUT2D eigenvalue weighted by atomic mass is 35.5. The molecule has 27 heavy (non-hydrogen) atoms. The van der Waals surface area contributed by atoms with Crippen molar-refractivity contribution >= 4 is 29.0 Å². The van der Waals surface area contributed by atoms with E-state index in [0.717, 1.165) is 5.56 Å². The van der Waals surface area contributed by atoms with E-state index in [2.05, 4.69) is 0 Å². The van der Waals surface area contributed by atoms with Gasteiger partial charge in [-0.3, -0.25) is 9.59 Å². The lowest BCUT2D eigenvalue weighted by atomic mass is 9.87. The van der Waals surface area contributed by atoms with Crippen molar-refractivity contribution in [3.05, 3.63) is 101 Å². The summed E-state index contributed by atoms with van der Waals surface area (Å²) in [6.07, 6.45) is 0.301. The highest BCUT2D eigenvalue weighted by Crippen LogP contribution is 2.39. The average molecular weight is 376 g/mol. The summed E-state index contributed by atoms with van der Waals surface area (Å²) in [7, 11) is 0. The van der Waals surface area contributed by atoms with Crippen molar-refractivity contribution in [2.75, 3.05) is 4.90 Å². The highest BCUT2D eigenvalue weighted by Gasteiger charge is 2.45. The number of ketones is 1. The molecule has 2 atom stereocenters. The lowest BCUT2D eigenvalue weighted by Crippen LogP contribution is -2.41. The zero-order valence-corrected chi connectivity index (χ0v) is 15.3. The van der Waals surface area contributed by atoms with Crippen LogP contribution in [0.5, 0.6) is 0 Å². The van der Waals surface area contributed by atoms with E-state index in [1.54, 1.807) is 41.3 Å². The molecule has 1 fully saturated rings. The van der Waals surface area contributed by atoms with E-state index in [1.165, 1.54) is 0 Å². The van der Waals surface area contributed by atoms with Crippen LogP contribution in [-0.2, 0) is 4.79 Å². The van der Waals surface area contributed by atoms with E-state index < -0.39 is 6.04 Å². The van der Waals surface area contributed by atoms with Crippen LogP contribution < -0.4 is 4.90 Å². The van der Waals surface area contributed by atoms with E-state index in [0.29, 0.717) is 22.7 Å². The molecule has 0 N–H and O–H groups in total. The number of hydrogen-bond acceptors (Lipinski definition) is 2. The minimum Gasteiger partial charge on any atom is -0.301 e. The van der Waals surface area contributed by atoms with Gasteiger partial charge in [-0.25, -0.2) is 0 Å². The van der Waals surface area contributed by atoms with Crippen molar-refractivity contribution in [2.45, 2.75) is 18.4 Å². The van der Waals surface area contributed by atoms with Gasteiger partial charge < -0.3 is 4.90 Å². The number of Topliss-reactive ketones (excluding diaryl/α,β-unsaturated/α-hetero) is 1. The molecule has 3 aromatic rings. The van der Waals surface area contributed by atoms with Crippen LogP contribution in [0, 0.1) is 0 Å². The lowest BCUT2D eigenvalue weighted by molar-refractivity contribution is -0.117. The third-order valence-electron chi connectivity index (χ3n) is 4.98. The molecule has 0 saturated carbocycles. The van der Waals surface area contributed by atoms with Crippen molar-refractivity contribution in [3.8, 4) is 0 Å². The molecule has 3 aromatic carbocycles. The standard InChI is InChI=1S/C23H18ClNO2/c24-18-11-13-19(14-12-18)25-21(26)15-20(16-7-3-1-4-8-16)22(25)23(27)17-9-5-2-6-10-17/h1-14,20,22H,15H2/t20-,22+/m0/s1. The Balaban J connectivity index is 1.80. The number of halogens is 1. The first-order valence-corrected chi connectivity index (χ1v) is 9.25. The van der Waals surface area contributed by atoms with Crippen LogP contribution in [0.3, 0.4) is 0 Å². The number of benzene rings is 3. The Kier molecular flexibility index (Phi) is 4.78. The molecule has 0 radical (unpaired) electrons. The number of rotatable bonds is 4. The fraction of sp³-hybridized carbons (Fsp3) is 0.130. The van der Waals surface area contributed by atoms with E-state index >= 15 is 0 Å². The topological polar surface area (TPSA) is 37.4 Å². The van der Waals surface area contributed by atoms with E-state index in [1.807, 2.05) is 48.5 Å². The highest BCUT2D eigenvalue weighted by molar-refractivity contribution is 6.30. The van der Waals surface area contributed by atoms with Gasteiger partial charge in [0.2, 0.25) is 5.91 Å². The Hall–Kier alpha value is -2.91. The maximum Gasteiger partial charge on any atom is 0.228 e. The zero-order valence-electron chi connectivity index (χ0n) is 14.6. The molecule has 0 unspecified atom stereocenters. The molecule has 3 nitrogen and oxygen atoms in total. The van der Waals surface area contributed by atoms with Gasteiger partial charge in [0.05, 0.1) is 0 Å². The molecule has 0 aromatic heterocycles. The summed E-state index contributed by atoms with van der Waals surface area (Å²) in [6.45, 7) is 0. The Morgan fingerprint density at radius 2 is 1.44 bits per heavy atom. The van der Waals surface area contributed by atoms with E-state index in [9.17, 15) is 9.59 Å². The second-order valence-electron chi connectivity index (χ2n) is 6.64. The molecule has 1 heterocycles. The van der Waals surface area contributed by atoms with Gasteiger partial charge in [-0.15, -0.1) is 0 Å². The quantitative estimate of drug-likeness (QED) is 0.594. The molecule has 1 amide bonds. The molecule has 0 bridgehead atoms. The third-order valence-corrected chi connectivity index (χ3v) is 5.23. The third kappa shape index (κ3) is 3.38. The van der Waals surface area contributed by atoms with Gasteiger partial charge in [-0.1, -0.05) is 72.3 Å². The zero-order chi connectivity index (χ0) is 18.8. The number of nitrogens with zero attached hydrogens (tertiary/aromatic N) is 1. The van der Waals surface area contributed by atoms with Crippen molar-refractivity contribution in [3.63, 3.8) is 0 Å². The Bertz CT molecular complexity index is 955. The monoisotopic (exact) mass is 375 g/mol. The predicted molar refractivity (Wildman–Crippen MR) is 107 cm³/mol.